The first kappa shape index (κ1) is 12.4. The first-order valence-corrected chi connectivity index (χ1v) is 7.29. The van der Waals surface area contributed by atoms with Gasteiger partial charge in [0.05, 0.1) is 15.8 Å². The Bertz CT molecular complexity index is 693. The molecule has 0 amide bonds. The van der Waals surface area contributed by atoms with E-state index < -0.39 is 61.5 Å². The molecule has 116 valence electrons. The van der Waals surface area contributed by atoms with Gasteiger partial charge in [0, 0.05) is 22.7 Å². The monoisotopic (exact) mass is 309 g/mol. The Hall–Kier alpha value is -2.13. The van der Waals surface area contributed by atoms with E-state index in [2.05, 4.69) is 0 Å². The number of carbonyl (C=O) groups is 1. The van der Waals surface area contributed by atoms with Crippen LogP contribution in [0.3, 0.4) is 0 Å². The van der Waals surface area contributed by atoms with Gasteiger partial charge in [-0.1, -0.05) is 0 Å². The molecule has 0 radical (unpaired) electrons. The van der Waals surface area contributed by atoms with Gasteiger partial charge in [-0.05, 0) is 18.8 Å². The molecule has 0 bridgehead atoms. The summed E-state index contributed by atoms with van der Waals surface area (Å²) >= 11 is 0. The van der Waals surface area contributed by atoms with Gasteiger partial charge in [-0.15, -0.1) is 0 Å². The number of carbonyl (C=O) groups excluding carboxylic acids is 1. The van der Waals surface area contributed by atoms with Gasteiger partial charge in [-0.2, -0.15) is 0 Å². The molecule has 5 rings (SSSR count). The van der Waals surface area contributed by atoms with Crippen LogP contribution in [0.15, 0.2) is 0 Å². The van der Waals surface area contributed by atoms with Crippen LogP contribution in [0.1, 0.15) is 12.8 Å². The average molecular weight is 309 g/mol. The quantitative estimate of drug-likeness (QED) is 0.404. The second-order valence-corrected chi connectivity index (χ2v) is 7.32. The topological polar surface area (TPSA) is 146 Å². The molecular weight excluding hydrogens is 298 g/mol. The Kier molecular flexibility index (Phi) is 1.69. The van der Waals surface area contributed by atoms with Crippen molar-refractivity contribution in [3.63, 3.8) is 0 Å². The van der Waals surface area contributed by atoms with Crippen LogP contribution in [0.25, 0.3) is 0 Å². The van der Waals surface area contributed by atoms with Crippen molar-refractivity contribution in [3.05, 3.63) is 30.3 Å². The van der Waals surface area contributed by atoms with Gasteiger partial charge >= 0.3 is 5.66 Å². The summed E-state index contributed by atoms with van der Waals surface area (Å²) in [6, 6.07) is 0. The van der Waals surface area contributed by atoms with E-state index >= 15 is 0 Å². The third-order valence-corrected chi connectivity index (χ3v) is 7.48. The predicted molar refractivity (Wildman–Crippen MR) is 65.1 cm³/mol. The normalized spacial score (nSPS) is 54.4. The molecule has 5 aliphatic rings. The maximum Gasteiger partial charge on any atom is 0.471 e. The Morgan fingerprint density at radius 2 is 1.55 bits per heavy atom. The zero-order valence-electron chi connectivity index (χ0n) is 11.2. The molecule has 8 atom stereocenters. The van der Waals surface area contributed by atoms with Gasteiger partial charge in [0.15, 0.2) is 5.92 Å². The minimum atomic E-state index is -2.49. The molecule has 0 spiro atoms. The molecule has 0 aromatic heterocycles. The van der Waals surface area contributed by atoms with Crippen molar-refractivity contribution in [3.8, 4) is 0 Å². The highest BCUT2D eigenvalue weighted by molar-refractivity contribution is 5.89. The van der Waals surface area contributed by atoms with Crippen LogP contribution < -0.4 is 0 Å². The Labute approximate surface area is 122 Å². The summed E-state index contributed by atoms with van der Waals surface area (Å²) in [5.41, 5.74) is -4.12. The third-order valence-electron chi connectivity index (χ3n) is 7.48. The van der Waals surface area contributed by atoms with Crippen LogP contribution >= 0.6 is 0 Å². The van der Waals surface area contributed by atoms with Crippen molar-refractivity contribution >= 4 is 5.78 Å². The molecule has 10 heteroatoms. The Balaban J connectivity index is 1.84. The first-order chi connectivity index (χ1) is 10.3. The standard InChI is InChI=1S/C12H11N3O7/c16-10-3-1-5-9-7(3)8-4(10)2-6(11(8,9)13(17)18)12(5,14(19)20)15(21)22/h3-9H,1-2H2/t3-,4+,5-,6-,7+,8+,9-,11+/m1/s1. The lowest BCUT2D eigenvalue weighted by molar-refractivity contribution is -0.816. The van der Waals surface area contributed by atoms with E-state index in [4.69, 9.17) is 0 Å². The fourth-order valence-corrected chi connectivity index (χ4v) is 7.30. The van der Waals surface area contributed by atoms with E-state index in [1.807, 2.05) is 0 Å². The average Bonchev–Trinajstić information content (AvgIpc) is 2.96. The van der Waals surface area contributed by atoms with Crippen LogP contribution in [-0.4, -0.2) is 31.8 Å². The Morgan fingerprint density at radius 3 is 2.09 bits per heavy atom. The van der Waals surface area contributed by atoms with E-state index in [0.717, 1.165) is 0 Å². The lowest BCUT2D eigenvalue weighted by Gasteiger charge is -2.46. The highest BCUT2D eigenvalue weighted by Crippen LogP contribution is 2.83. The maximum atomic E-state index is 12.4. The van der Waals surface area contributed by atoms with Gasteiger partial charge in [0.1, 0.15) is 11.7 Å². The molecule has 0 saturated heterocycles. The number of ketones is 1. The van der Waals surface area contributed by atoms with E-state index in [-0.39, 0.29) is 24.5 Å². The number of nitrogens with zero attached hydrogens (tertiary/aromatic N) is 3. The summed E-state index contributed by atoms with van der Waals surface area (Å²) in [7, 11) is 0. The summed E-state index contributed by atoms with van der Waals surface area (Å²) in [4.78, 5) is 45.3. The molecule has 0 unspecified atom stereocenters. The molecule has 0 aromatic carbocycles. The molecule has 10 nitrogen and oxygen atoms in total. The molecular formula is C12H11N3O7. The largest absolute Gasteiger partial charge is 0.471 e. The molecule has 5 saturated carbocycles. The van der Waals surface area contributed by atoms with E-state index in [1.54, 1.807) is 0 Å². The molecule has 0 heterocycles. The lowest BCUT2D eigenvalue weighted by atomic mass is 9.54. The summed E-state index contributed by atoms with van der Waals surface area (Å²) < 4.78 is 0. The van der Waals surface area contributed by atoms with E-state index in [9.17, 15) is 35.1 Å². The van der Waals surface area contributed by atoms with Crippen molar-refractivity contribution in [1.29, 1.82) is 0 Å². The lowest BCUT2D eigenvalue weighted by Crippen LogP contribution is -2.65. The summed E-state index contributed by atoms with van der Waals surface area (Å²) in [6.45, 7) is 0. The predicted octanol–water partition coefficient (Wildman–Crippen LogP) is -0.0177. The number of hydrogen-bond acceptors (Lipinski definition) is 7. The minimum Gasteiger partial charge on any atom is -0.299 e. The molecule has 5 aliphatic carbocycles. The van der Waals surface area contributed by atoms with Gasteiger partial charge in [-0.3, -0.25) is 35.1 Å². The van der Waals surface area contributed by atoms with Gasteiger partial charge in [-0.25, -0.2) is 0 Å². The smallest absolute Gasteiger partial charge is 0.299 e. The van der Waals surface area contributed by atoms with Crippen LogP contribution in [-0.2, 0) is 4.79 Å². The van der Waals surface area contributed by atoms with E-state index in [1.165, 1.54) is 0 Å². The zero-order chi connectivity index (χ0) is 15.8. The molecule has 22 heavy (non-hydrogen) atoms. The fourth-order valence-electron chi connectivity index (χ4n) is 7.30. The highest BCUT2D eigenvalue weighted by atomic mass is 16.7. The van der Waals surface area contributed by atoms with Crippen molar-refractivity contribution in [2.45, 2.75) is 24.0 Å². The second kappa shape index (κ2) is 2.99. The van der Waals surface area contributed by atoms with Crippen molar-refractivity contribution in [2.24, 2.45) is 41.4 Å². The molecule has 0 aliphatic heterocycles. The van der Waals surface area contributed by atoms with Crippen molar-refractivity contribution < 1.29 is 19.6 Å². The summed E-state index contributed by atoms with van der Waals surface area (Å²) in [5, 5.41) is 35.2. The fraction of sp³-hybridized carbons (Fsp3) is 0.917. The van der Waals surface area contributed by atoms with Crippen molar-refractivity contribution in [2.75, 3.05) is 0 Å². The van der Waals surface area contributed by atoms with Gasteiger partial charge in [0.2, 0.25) is 5.54 Å². The van der Waals surface area contributed by atoms with Crippen LogP contribution in [0, 0.1) is 71.8 Å². The highest BCUT2D eigenvalue weighted by Gasteiger charge is 3.02. The van der Waals surface area contributed by atoms with Gasteiger partial charge in [0.25, 0.3) is 0 Å². The third kappa shape index (κ3) is 0.759. The van der Waals surface area contributed by atoms with E-state index in [0.29, 0.717) is 0 Å². The number of Topliss-reactive ketones (excluding diaryl/α,β-unsaturated/α-hetero) is 1. The van der Waals surface area contributed by atoms with Crippen LogP contribution in [0.4, 0.5) is 0 Å². The molecule has 5 fully saturated rings. The molecule has 0 aromatic rings. The summed E-state index contributed by atoms with van der Waals surface area (Å²) in [6.07, 6.45) is -0.0122. The maximum absolute atomic E-state index is 12.4. The van der Waals surface area contributed by atoms with Gasteiger partial charge < -0.3 is 0 Å². The number of hydrogen-bond donors (Lipinski definition) is 0. The zero-order valence-corrected chi connectivity index (χ0v) is 11.2. The SMILES string of the molecule is O=C1[C@H]2C[C@H]3C([N+](=O)[O-])([N+](=O)[O-])[C@@H]4C[C@@H]1[C@H]1[C@H]2[C@]3([N+](=O)[O-])[C@@H]14. The first-order valence-electron chi connectivity index (χ1n) is 7.29. The van der Waals surface area contributed by atoms with Crippen LogP contribution in [0.2, 0.25) is 0 Å². The second-order valence-electron chi connectivity index (χ2n) is 7.32. The molecule has 0 N–H and O–H groups in total. The minimum absolute atomic E-state index is 0.0472. The van der Waals surface area contributed by atoms with Crippen LogP contribution in [0.5, 0.6) is 0 Å². The number of rotatable bonds is 3. The summed E-state index contributed by atoms with van der Waals surface area (Å²) in [5.74, 6) is -4.82. The number of nitro groups is 3. The van der Waals surface area contributed by atoms with Crippen molar-refractivity contribution in [1.82, 2.24) is 0 Å². The Morgan fingerprint density at radius 1 is 0.909 bits per heavy atom.